The zero-order valence-electron chi connectivity index (χ0n) is 6.12. The van der Waals surface area contributed by atoms with E-state index in [9.17, 15) is 0 Å². The summed E-state index contributed by atoms with van der Waals surface area (Å²) in [7, 11) is 1.80. The summed E-state index contributed by atoms with van der Waals surface area (Å²) in [5, 5.41) is 13.0. The molecule has 0 spiro atoms. The second-order valence-corrected chi connectivity index (χ2v) is 3.46. The molecule has 0 aliphatic carbocycles. The summed E-state index contributed by atoms with van der Waals surface area (Å²) in [4.78, 5) is 0. The SMILES string of the molecule is Cn1nc(Br)c2cc(Cl)nnc21. The van der Waals surface area contributed by atoms with E-state index in [0.717, 1.165) is 9.99 Å². The summed E-state index contributed by atoms with van der Waals surface area (Å²) in [5.41, 5.74) is 0.714. The summed E-state index contributed by atoms with van der Waals surface area (Å²) >= 11 is 8.96. The molecule has 0 aliphatic heterocycles. The predicted molar refractivity (Wildman–Crippen MR) is 49.0 cm³/mol. The monoisotopic (exact) mass is 246 g/mol. The Kier molecular flexibility index (Phi) is 1.77. The van der Waals surface area contributed by atoms with Crippen molar-refractivity contribution >= 4 is 38.6 Å². The summed E-state index contributed by atoms with van der Waals surface area (Å²) in [6, 6.07) is 1.72. The van der Waals surface area contributed by atoms with Crippen LogP contribution in [-0.4, -0.2) is 20.0 Å². The van der Waals surface area contributed by atoms with Crippen LogP contribution in [-0.2, 0) is 7.05 Å². The average molecular weight is 247 g/mol. The van der Waals surface area contributed by atoms with Gasteiger partial charge in [-0.2, -0.15) is 5.10 Å². The largest absolute Gasteiger partial charge is 0.248 e. The van der Waals surface area contributed by atoms with E-state index < -0.39 is 0 Å². The van der Waals surface area contributed by atoms with Crippen molar-refractivity contribution in [2.24, 2.45) is 7.05 Å². The second kappa shape index (κ2) is 2.67. The minimum absolute atomic E-state index is 0.371. The first kappa shape index (κ1) is 7.94. The van der Waals surface area contributed by atoms with Gasteiger partial charge < -0.3 is 0 Å². The molecule has 0 N–H and O–H groups in total. The maximum Gasteiger partial charge on any atom is 0.181 e. The molecule has 0 aliphatic rings. The molecule has 0 fully saturated rings. The standard InChI is InChI=1S/C6H4BrClN4/c1-12-6-3(5(7)11-12)2-4(8)9-10-6/h2H,1H3. The molecule has 0 saturated carbocycles. The number of nitrogens with zero attached hydrogens (tertiary/aromatic N) is 4. The first-order chi connectivity index (χ1) is 5.68. The number of rotatable bonds is 0. The maximum atomic E-state index is 5.67. The van der Waals surface area contributed by atoms with Crippen LogP contribution in [0.25, 0.3) is 11.0 Å². The third kappa shape index (κ3) is 1.09. The van der Waals surface area contributed by atoms with Gasteiger partial charge in [-0.3, -0.25) is 0 Å². The van der Waals surface area contributed by atoms with Crippen LogP contribution in [0.5, 0.6) is 0 Å². The van der Waals surface area contributed by atoms with Gasteiger partial charge in [0, 0.05) is 7.05 Å². The van der Waals surface area contributed by atoms with Crippen LogP contribution in [0.1, 0.15) is 0 Å². The maximum absolute atomic E-state index is 5.67. The van der Waals surface area contributed by atoms with Crippen molar-refractivity contribution in [2.75, 3.05) is 0 Å². The Morgan fingerprint density at radius 3 is 3.00 bits per heavy atom. The second-order valence-electron chi connectivity index (χ2n) is 2.32. The highest BCUT2D eigenvalue weighted by Crippen LogP contribution is 2.21. The van der Waals surface area contributed by atoms with E-state index in [-0.39, 0.29) is 0 Å². The van der Waals surface area contributed by atoms with Crippen molar-refractivity contribution in [3.05, 3.63) is 15.8 Å². The van der Waals surface area contributed by atoms with Crippen LogP contribution in [0, 0.1) is 0 Å². The lowest BCUT2D eigenvalue weighted by Gasteiger charge is -1.90. The molecule has 2 aromatic heterocycles. The first-order valence-corrected chi connectivity index (χ1v) is 4.37. The van der Waals surface area contributed by atoms with Crippen LogP contribution in [0.2, 0.25) is 5.15 Å². The number of aromatic nitrogens is 4. The number of halogens is 2. The minimum Gasteiger partial charge on any atom is -0.248 e. The zero-order valence-corrected chi connectivity index (χ0v) is 8.46. The van der Waals surface area contributed by atoms with Crippen molar-refractivity contribution in [3.8, 4) is 0 Å². The number of fused-ring (bicyclic) bond motifs is 1. The van der Waals surface area contributed by atoms with Crippen LogP contribution in [0.3, 0.4) is 0 Å². The fourth-order valence-electron chi connectivity index (χ4n) is 0.985. The van der Waals surface area contributed by atoms with Gasteiger partial charge >= 0.3 is 0 Å². The third-order valence-electron chi connectivity index (χ3n) is 1.51. The smallest absolute Gasteiger partial charge is 0.181 e. The molecule has 0 aromatic carbocycles. The van der Waals surface area contributed by atoms with E-state index in [1.54, 1.807) is 17.8 Å². The van der Waals surface area contributed by atoms with Gasteiger partial charge in [0.1, 0.15) is 4.60 Å². The highest BCUT2D eigenvalue weighted by Gasteiger charge is 2.07. The molecular weight excluding hydrogens is 243 g/mol. The van der Waals surface area contributed by atoms with Gasteiger partial charge in [0.2, 0.25) is 0 Å². The first-order valence-electron chi connectivity index (χ1n) is 3.20. The normalized spacial score (nSPS) is 10.9. The molecule has 0 bridgehead atoms. The van der Waals surface area contributed by atoms with E-state index >= 15 is 0 Å². The van der Waals surface area contributed by atoms with Crippen molar-refractivity contribution in [1.29, 1.82) is 0 Å². The van der Waals surface area contributed by atoms with Gasteiger partial charge in [0.15, 0.2) is 10.8 Å². The van der Waals surface area contributed by atoms with Gasteiger partial charge in [-0.05, 0) is 22.0 Å². The van der Waals surface area contributed by atoms with E-state index in [2.05, 4.69) is 31.2 Å². The van der Waals surface area contributed by atoms with Crippen molar-refractivity contribution < 1.29 is 0 Å². The Morgan fingerprint density at radius 1 is 1.50 bits per heavy atom. The van der Waals surface area contributed by atoms with Gasteiger partial charge in [-0.25, -0.2) is 4.68 Å². The minimum atomic E-state index is 0.371. The third-order valence-corrected chi connectivity index (χ3v) is 2.28. The zero-order chi connectivity index (χ0) is 8.72. The Bertz CT molecular complexity index is 438. The number of aryl methyl sites for hydroxylation is 1. The summed E-state index contributed by atoms with van der Waals surface area (Å²) < 4.78 is 2.37. The summed E-state index contributed by atoms with van der Waals surface area (Å²) in [5.74, 6) is 0. The van der Waals surface area contributed by atoms with E-state index in [1.807, 2.05) is 0 Å². The lowest BCUT2D eigenvalue weighted by molar-refractivity contribution is 0.770. The molecular formula is C6H4BrClN4. The highest BCUT2D eigenvalue weighted by molar-refractivity contribution is 9.10. The van der Waals surface area contributed by atoms with Crippen molar-refractivity contribution in [3.63, 3.8) is 0 Å². The molecule has 0 saturated heterocycles. The molecule has 2 rings (SSSR count). The average Bonchev–Trinajstić information content (AvgIpc) is 2.28. The molecule has 6 heteroatoms. The Balaban J connectivity index is 2.90. The molecule has 2 aromatic rings. The molecule has 62 valence electrons. The van der Waals surface area contributed by atoms with Gasteiger partial charge in [-0.1, -0.05) is 11.6 Å². The predicted octanol–water partition coefficient (Wildman–Crippen LogP) is 1.78. The topological polar surface area (TPSA) is 43.6 Å². The lowest BCUT2D eigenvalue weighted by atomic mass is 10.4. The lowest BCUT2D eigenvalue weighted by Crippen LogP contribution is -1.92. The van der Waals surface area contributed by atoms with Crippen LogP contribution in [0.15, 0.2) is 10.7 Å². The molecule has 4 nitrogen and oxygen atoms in total. The van der Waals surface area contributed by atoms with E-state index in [1.165, 1.54) is 0 Å². The Morgan fingerprint density at radius 2 is 2.25 bits per heavy atom. The van der Waals surface area contributed by atoms with Crippen molar-refractivity contribution in [2.45, 2.75) is 0 Å². The van der Waals surface area contributed by atoms with E-state index in [0.29, 0.717) is 10.8 Å². The fourth-order valence-corrected chi connectivity index (χ4v) is 1.66. The summed E-state index contributed by atoms with van der Waals surface area (Å²) in [6.45, 7) is 0. The van der Waals surface area contributed by atoms with Crippen LogP contribution in [0.4, 0.5) is 0 Å². The Hall–Kier alpha value is -0.680. The molecule has 0 amide bonds. The molecule has 0 unspecified atom stereocenters. The Labute approximate surface area is 81.7 Å². The van der Waals surface area contributed by atoms with Crippen LogP contribution < -0.4 is 0 Å². The van der Waals surface area contributed by atoms with Gasteiger partial charge in [0.25, 0.3) is 0 Å². The van der Waals surface area contributed by atoms with E-state index in [4.69, 9.17) is 11.6 Å². The van der Waals surface area contributed by atoms with Gasteiger partial charge in [0.05, 0.1) is 5.39 Å². The molecule has 2 heterocycles. The molecule has 0 atom stereocenters. The molecule has 12 heavy (non-hydrogen) atoms. The highest BCUT2D eigenvalue weighted by atomic mass is 79.9. The van der Waals surface area contributed by atoms with Crippen molar-refractivity contribution in [1.82, 2.24) is 20.0 Å². The quantitative estimate of drug-likeness (QED) is 0.713. The number of hydrogen-bond acceptors (Lipinski definition) is 3. The fraction of sp³-hybridized carbons (Fsp3) is 0.167. The molecule has 0 radical (unpaired) electrons. The van der Waals surface area contributed by atoms with Gasteiger partial charge in [-0.15, -0.1) is 10.2 Å². The van der Waals surface area contributed by atoms with Crippen LogP contribution >= 0.6 is 27.5 Å². The summed E-state index contributed by atoms with van der Waals surface area (Å²) in [6.07, 6.45) is 0. The number of hydrogen-bond donors (Lipinski definition) is 0.